The van der Waals surface area contributed by atoms with Gasteiger partial charge in [0, 0.05) is 30.1 Å². The summed E-state index contributed by atoms with van der Waals surface area (Å²) in [6.45, 7) is 3.62. The van der Waals surface area contributed by atoms with Gasteiger partial charge in [-0.25, -0.2) is 14.5 Å². The highest BCUT2D eigenvalue weighted by molar-refractivity contribution is 6.10. The molecule has 2 aromatic carbocycles. The summed E-state index contributed by atoms with van der Waals surface area (Å²) in [5.41, 5.74) is 7.74. The van der Waals surface area contributed by atoms with Gasteiger partial charge in [-0.15, -0.1) is 0 Å². The molecule has 0 aliphatic carbocycles. The summed E-state index contributed by atoms with van der Waals surface area (Å²) >= 11 is 0. The molecule has 0 radical (unpaired) electrons. The van der Waals surface area contributed by atoms with E-state index in [2.05, 4.69) is 20.6 Å². The zero-order valence-corrected chi connectivity index (χ0v) is 20.5. The number of anilines is 3. The molecule has 0 bridgehead atoms. The van der Waals surface area contributed by atoms with Crippen molar-refractivity contribution >= 4 is 28.7 Å². The van der Waals surface area contributed by atoms with E-state index in [9.17, 15) is 19.8 Å². The zero-order chi connectivity index (χ0) is 27.0. The molecule has 0 aliphatic rings. The molecule has 5 aromatic rings. The Balaban J connectivity index is 1.56. The number of nitrogens with zero attached hydrogens (tertiary/aromatic N) is 5. The molecule has 0 saturated heterocycles. The minimum absolute atomic E-state index is 0.0614. The number of nitrogen functional groups attached to an aromatic ring is 1. The van der Waals surface area contributed by atoms with E-state index in [1.54, 1.807) is 25.3 Å². The average Bonchev–Trinajstić information content (AvgIpc) is 3.24. The fourth-order valence-corrected chi connectivity index (χ4v) is 4.20. The van der Waals surface area contributed by atoms with Crippen LogP contribution in [0.2, 0.25) is 0 Å². The van der Waals surface area contributed by atoms with E-state index in [0.29, 0.717) is 17.0 Å². The highest BCUT2D eigenvalue weighted by atomic mass is 16.3. The van der Waals surface area contributed by atoms with E-state index in [1.165, 1.54) is 27.5 Å². The largest absolute Gasteiger partial charge is 0.508 e. The topological polar surface area (TPSA) is 173 Å². The number of phenols is 2. The number of carbonyl (C=O) groups excluding carboxylic acids is 1. The zero-order valence-electron chi connectivity index (χ0n) is 20.5. The van der Waals surface area contributed by atoms with Crippen molar-refractivity contribution in [1.82, 2.24) is 24.1 Å². The Bertz CT molecular complexity index is 1710. The first-order valence-electron chi connectivity index (χ1n) is 11.6. The number of rotatable bonds is 6. The summed E-state index contributed by atoms with van der Waals surface area (Å²) in [4.78, 5) is 34.9. The Morgan fingerprint density at radius 2 is 1.76 bits per heavy atom. The van der Waals surface area contributed by atoms with Crippen molar-refractivity contribution in [1.29, 1.82) is 0 Å². The fraction of sp³-hybridized carbons (Fsp3) is 0.115. The van der Waals surface area contributed by atoms with Gasteiger partial charge in [0.25, 0.3) is 11.5 Å². The lowest BCUT2D eigenvalue weighted by Crippen LogP contribution is -2.30. The van der Waals surface area contributed by atoms with Crippen LogP contribution in [0.1, 0.15) is 34.7 Å². The lowest BCUT2D eigenvalue weighted by Gasteiger charge is -2.21. The molecule has 0 spiro atoms. The number of para-hydroxylation sites is 1. The molecule has 12 heteroatoms. The van der Waals surface area contributed by atoms with Gasteiger partial charge in [0.2, 0.25) is 0 Å². The average molecular weight is 513 g/mol. The standard InChI is InChI=1S/C26H24N8O4/c1-14-8-9-33-21(14)26(38)34(17-6-4-3-5-7-17)24(32-33)15(2)30-23-20(22(27)28-13-29-23)25(37)31-16-10-18(35)12-19(36)11-16/h3-13,15,35-36H,1-2H3,(H,31,37)(H3,27,28,29,30)/t15-/m0/s1. The second-order valence-electron chi connectivity index (χ2n) is 8.67. The molecule has 0 saturated carbocycles. The van der Waals surface area contributed by atoms with Crippen molar-refractivity contribution in [3.05, 3.63) is 94.4 Å². The SMILES string of the molecule is Cc1ccn2nc([C@H](C)Nc3ncnc(N)c3C(=O)Nc3cc(O)cc(O)c3)n(-c3ccccc3)c(=O)c12. The molecule has 0 unspecified atom stereocenters. The third kappa shape index (κ3) is 4.46. The molecule has 3 heterocycles. The number of aryl methyl sites for hydroxylation is 1. The van der Waals surface area contributed by atoms with Crippen molar-refractivity contribution in [2.24, 2.45) is 0 Å². The number of carbonyl (C=O) groups is 1. The molecule has 5 rings (SSSR count). The van der Waals surface area contributed by atoms with Crippen molar-refractivity contribution in [3.63, 3.8) is 0 Å². The summed E-state index contributed by atoms with van der Waals surface area (Å²) in [6, 6.07) is 14.0. The molecule has 38 heavy (non-hydrogen) atoms. The van der Waals surface area contributed by atoms with E-state index in [-0.39, 0.29) is 39.9 Å². The number of fused-ring (bicyclic) bond motifs is 1. The maximum atomic E-state index is 13.6. The van der Waals surface area contributed by atoms with Gasteiger partial charge in [-0.3, -0.25) is 14.2 Å². The van der Waals surface area contributed by atoms with Crippen molar-refractivity contribution in [2.75, 3.05) is 16.4 Å². The first kappa shape index (κ1) is 24.3. The Labute approximate surface area is 216 Å². The van der Waals surface area contributed by atoms with E-state index in [1.807, 2.05) is 31.2 Å². The van der Waals surface area contributed by atoms with Gasteiger partial charge in [-0.05, 0) is 37.6 Å². The van der Waals surface area contributed by atoms with E-state index < -0.39 is 11.9 Å². The predicted octanol–water partition coefficient (Wildman–Crippen LogP) is 3.00. The highest BCUT2D eigenvalue weighted by Gasteiger charge is 2.24. The number of phenolic OH excluding ortho intramolecular Hbond substituents is 2. The Morgan fingerprint density at radius 3 is 2.47 bits per heavy atom. The Kier molecular flexibility index (Phi) is 6.13. The second-order valence-corrected chi connectivity index (χ2v) is 8.67. The molecule has 192 valence electrons. The van der Waals surface area contributed by atoms with Gasteiger partial charge in [0.05, 0.1) is 11.7 Å². The van der Waals surface area contributed by atoms with Gasteiger partial charge in [0.15, 0.2) is 5.82 Å². The minimum Gasteiger partial charge on any atom is -0.508 e. The fourth-order valence-electron chi connectivity index (χ4n) is 4.20. The molecule has 3 aromatic heterocycles. The van der Waals surface area contributed by atoms with Crippen LogP contribution in [0.4, 0.5) is 17.3 Å². The summed E-state index contributed by atoms with van der Waals surface area (Å²) in [7, 11) is 0. The van der Waals surface area contributed by atoms with Crippen LogP contribution in [-0.4, -0.2) is 40.3 Å². The first-order chi connectivity index (χ1) is 18.2. The molecule has 12 nitrogen and oxygen atoms in total. The molecule has 1 atom stereocenters. The predicted molar refractivity (Wildman–Crippen MR) is 142 cm³/mol. The van der Waals surface area contributed by atoms with Crippen LogP contribution in [0, 0.1) is 6.92 Å². The third-order valence-electron chi connectivity index (χ3n) is 5.93. The van der Waals surface area contributed by atoms with Crippen LogP contribution in [0.25, 0.3) is 11.2 Å². The number of aromatic nitrogens is 5. The summed E-state index contributed by atoms with van der Waals surface area (Å²) in [6.07, 6.45) is 2.92. The van der Waals surface area contributed by atoms with Gasteiger partial charge in [-0.2, -0.15) is 5.10 Å². The van der Waals surface area contributed by atoms with Crippen molar-refractivity contribution < 1.29 is 15.0 Å². The second kappa shape index (κ2) is 9.58. The lowest BCUT2D eigenvalue weighted by molar-refractivity contribution is 0.102. The molecule has 6 N–H and O–H groups in total. The molecule has 0 fully saturated rings. The number of benzene rings is 2. The van der Waals surface area contributed by atoms with Gasteiger partial charge >= 0.3 is 0 Å². The normalized spacial score (nSPS) is 11.8. The number of amides is 1. The minimum atomic E-state index is -0.673. The number of nitrogens with one attached hydrogen (secondary N) is 2. The van der Waals surface area contributed by atoms with Crippen molar-refractivity contribution in [2.45, 2.75) is 19.9 Å². The maximum Gasteiger partial charge on any atom is 0.282 e. The molecule has 1 amide bonds. The quantitative estimate of drug-likeness (QED) is 0.229. The van der Waals surface area contributed by atoms with Gasteiger partial charge in [-0.1, -0.05) is 18.2 Å². The number of nitrogens with two attached hydrogens (primary N) is 1. The summed E-state index contributed by atoms with van der Waals surface area (Å²) in [5, 5.41) is 29.9. The van der Waals surface area contributed by atoms with Crippen LogP contribution < -0.4 is 21.9 Å². The first-order valence-corrected chi connectivity index (χ1v) is 11.6. The van der Waals surface area contributed by atoms with Crippen LogP contribution in [0.3, 0.4) is 0 Å². The summed E-state index contributed by atoms with van der Waals surface area (Å²) < 4.78 is 3.04. The van der Waals surface area contributed by atoms with Gasteiger partial charge < -0.3 is 26.6 Å². The van der Waals surface area contributed by atoms with E-state index in [0.717, 1.165) is 11.6 Å². The third-order valence-corrected chi connectivity index (χ3v) is 5.93. The Morgan fingerprint density at radius 1 is 1.05 bits per heavy atom. The summed E-state index contributed by atoms with van der Waals surface area (Å²) in [5.74, 6) is -0.764. The van der Waals surface area contributed by atoms with Crippen LogP contribution in [0.15, 0.2) is 71.9 Å². The number of aromatic hydroxyl groups is 2. The number of hydrogen-bond acceptors (Lipinski definition) is 9. The van der Waals surface area contributed by atoms with Crippen LogP contribution in [-0.2, 0) is 0 Å². The van der Waals surface area contributed by atoms with E-state index >= 15 is 0 Å². The molecular weight excluding hydrogens is 488 g/mol. The van der Waals surface area contributed by atoms with Crippen molar-refractivity contribution in [3.8, 4) is 17.2 Å². The lowest BCUT2D eigenvalue weighted by atomic mass is 10.2. The Hall–Kier alpha value is -5.39. The smallest absolute Gasteiger partial charge is 0.282 e. The van der Waals surface area contributed by atoms with Gasteiger partial charge in [0.1, 0.15) is 40.5 Å². The number of hydrogen-bond donors (Lipinski definition) is 5. The highest BCUT2D eigenvalue weighted by Crippen LogP contribution is 2.27. The van der Waals surface area contributed by atoms with Crippen LogP contribution in [0.5, 0.6) is 11.5 Å². The molecule has 0 aliphatic heterocycles. The van der Waals surface area contributed by atoms with Crippen LogP contribution >= 0.6 is 0 Å². The molecular formula is C26H24N8O4. The van der Waals surface area contributed by atoms with E-state index in [4.69, 9.17) is 10.8 Å². The monoisotopic (exact) mass is 512 g/mol. The maximum absolute atomic E-state index is 13.6.